The summed E-state index contributed by atoms with van der Waals surface area (Å²) < 4.78 is 3.57. The first-order valence-corrected chi connectivity index (χ1v) is 14.5. The van der Waals surface area contributed by atoms with E-state index in [4.69, 9.17) is 20.4 Å². The molecule has 12 nitrogen and oxygen atoms in total. The first-order chi connectivity index (χ1) is 20.5. The van der Waals surface area contributed by atoms with Gasteiger partial charge in [0.25, 0.3) is 0 Å². The Bertz CT molecular complexity index is 1500. The van der Waals surface area contributed by atoms with Crippen molar-refractivity contribution in [3.8, 4) is 0 Å². The number of aromatic nitrogens is 2. The molecule has 0 bridgehead atoms. The standard InChI is InChI=1S/C25H31N3O2.C6H8O7/c29-19-18-28-23-9-4-3-8-22(23)27(24(28)30)15-5-14-26-16-12-25(13-17-26)11-10-20-6-1-2-7-21(20)25;7-3(8)1-6(13,5(11)12)2-4(9)10/h1-4,6-9,29H,5,10-19H2;13H,1-2H2,(H,7,8)(H,9,10)(H,11,12). The van der Waals surface area contributed by atoms with Gasteiger partial charge in [0.15, 0.2) is 5.60 Å². The molecule has 1 spiro atoms. The lowest BCUT2D eigenvalue weighted by Crippen LogP contribution is -2.42. The molecular weight excluding hydrogens is 558 g/mol. The lowest BCUT2D eigenvalue weighted by Gasteiger charge is -2.40. The molecule has 1 aliphatic carbocycles. The lowest BCUT2D eigenvalue weighted by molar-refractivity contribution is -0.170. The number of rotatable bonds is 11. The van der Waals surface area contributed by atoms with E-state index in [2.05, 4.69) is 29.2 Å². The number of aryl methyl sites for hydroxylation is 2. The van der Waals surface area contributed by atoms with Crippen LogP contribution in [0.5, 0.6) is 0 Å². The molecule has 232 valence electrons. The van der Waals surface area contributed by atoms with Crippen molar-refractivity contribution in [3.05, 3.63) is 70.1 Å². The Hall–Kier alpha value is -4.00. The van der Waals surface area contributed by atoms with Gasteiger partial charge in [-0.2, -0.15) is 0 Å². The van der Waals surface area contributed by atoms with Gasteiger partial charge in [-0.3, -0.25) is 18.7 Å². The molecule has 1 aromatic heterocycles. The van der Waals surface area contributed by atoms with Crippen molar-refractivity contribution in [2.75, 3.05) is 26.2 Å². The van der Waals surface area contributed by atoms with E-state index in [1.165, 1.54) is 25.7 Å². The number of para-hydroxylation sites is 2. The molecule has 0 atom stereocenters. The number of aliphatic hydroxyl groups excluding tert-OH is 1. The van der Waals surface area contributed by atoms with E-state index in [1.54, 1.807) is 15.7 Å². The van der Waals surface area contributed by atoms with Gasteiger partial charge in [-0.15, -0.1) is 0 Å². The quantitative estimate of drug-likeness (QED) is 0.219. The molecular formula is C31H39N3O9. The fraction of sp³-hybridized carbons (Fsp3) is 0.484. The van der Waals surface area contributed by atoms with Crippen LogP contribution in [0.15, 0.2) is 53.3 Å². The second-order valence-corrected chi connectivity index (χ2v) is 11.4. The maximum absolute atomic E-state index is 12.8. The molecule has 5 N–H and O–H groups in total. The third-order valence-corrected chi connectivity index (χ3v) is 8.67. The number of fused-ring (bicyclic) bond motifs is 3. The molecule has 1 saturated heterocycles. The minimum absolute atomic E-state index is 0.00888. The number of imidazole rings is 1. The highest BCUT2D eigenvalue weighted by Gasteiger charge is 2.41. The van der Waals surface area contributed by atoms with Crippen molar-refractivity contribution in [1.82, 2.24) is 14.0 Å². The number of hydrogen-bond acceptors (Lipinski definition) is 7. The minimum atomic E-state index is -2.74. The van der Waals surface area contributed by atoms with Gasteiger partial charge < -0.3 is 30.4 Å². The summed E-state index contributed by atoms with van der Waals surface area (Å²) in [6, 6.07) is 16.9. The zero-order valence-corrected chi connectivity index (χ0v) is 24.0. The molecule has 1 aliphatic heterocycles. The predicted octanol–water partition coefficient (Wildman–Crippen LogP) is 1.92. The first kappa shape index (κ1) is 31.9. The van der Waals surface area contributed by atoms with Crippen LogP contribution in [-0.2, 0) is 39.3 Å². The SMILES string of the molecule is O=C(O)CC(O)(CC(=O)O)C(=O)O.O=c1n(CCO)c2ccccc2n1CCCN1CCC2(CCc3ccccc32)CC1. The summed E-state index contributed by atoms with van der Waals surface area (Å²) in [7, 11) is 0. The topological polar surface area (TPSA) is 183 Å². The average Bonchev–Trinajstić information content (AvgIpc) is 3.45. The summed E-state index contributed by atoms with van der Waals surface area (Å²) in [5, 5.41) is 43.1. The van der Waals surface area contributed by atoms with Crippen molar-refractivity contribution >= 4 is 28.9 Å². The Morgan fingerprint density at radius 2 is 1.35 bits per heavy atom. The lowest BCUT2D eigenvalue weighted by atomic mass is 9.74. The number of aliphatic carboxylic acids is 3. The van der Waals surface area contributed by atoms with Crippen molar-refractivity contribution in [2.45, 2.75) is 69.1 Å². The molecule has 2 aromatic carbocycles. The fourth-order valence-electron chi connectivity index (χ4n) is 6.46. The Labute approximate surface area is 248 Å². The van der Waals surface area contributed by atoms with Crippen molar-refractivity contribution in [1.29, 1.82) is 0 Å². The van der Waals surface area contributed by atoms with Crippen molar-refractivity contribution in [2.24, 2.45) is 0 Å². The maximum atomic E-state index is 12.8. The van der Waals surface area contributed by atoms with E-state index in [9.17, 15) is 24.3 Å². The first-order valence-electron chi connectivity index (χ1n) is 14.5. The van der Waals surface area contributed by atoms with Gasteiger partial charge in [0.1, 0.15) is 0 Å². The number of benzene rings is 2. The highest BCUT2D eigenvalue weighted by atomic mass is 16.4. The van der Waals surface area contributed by atoms with Crippen LogP contribution in [0.4, 0.5) is 0 Å². The van der Waals surface area contributed by atoms with E-state index in [1.807, 2.05) is 28.8 Å². The minimum Gasteiger partial charge on any atom is -0.481 e. The summed E-state index contributed by atoms with van der Waals surface area (Å²) in [5.74, 6) is -5.02. The molecule has 43 heavy (non-hydrogen) atoms. The number of carbonyl (C=O) groups is 3. The molecule has 0 amide bonds. The average molecular weight is 598 g/mol. The van der Waals surface area contributed by atoms with Gasteiger partial charge in [0.2, 0.25) is 0 Å². The van der Waals surface area contributed by atoms with E-state index in [0.29, 0.717) is 12.0 Å². The molecule has 2 aliphatic rings. The zero-order valence-electron chi connectivity index (χ0n) is 24.0. The summed E-state index contributed by atoms with van der Waals surface area (Å²) in [5.41, 5.74) is 2.70. The van der Waals surface area contributed by atoms with Crippen LogP contribution >= 0.6 is 0 Å². The Balaban J connectivity index is 0.000000277. The largest absolute Gasteiger partial charge is 0.481 e. The van der Waals surface area contributed by atoms with Crippen LogP contribution in [0.1, 0.15) is 49.7 Å². The van der Waals surface area contributed by atoms with Gasteiger partial charge >= 0.3 is 23.6 Å². The molecule has 0 unspecified atom stereocenters. The number of aliphatic hydroxyl groups is 2. The number of nitrogens with zero attached hydrogens (tertiary/aromatic N) is 3. The van der Waals surface area contributed by atoms with E-state index < -0.39 is 36.4 Å². The summed E-state index contributed by atoms with van der Waals surface area (Å²) in [6.45, 7) is 4.38. The summed E-state index contributed by atoms with van der Waals surface area (Å²) in [6.07, 6.45) is 3.72. The van der Waals surface area contributed by atoms with Gasteiger partial charge in [0.05, 0.1) is 37.0 Å². The van der Waals surface area contributed by atoms with E-state index >= 15 is 0 Å². The summed E-state index contributed by atoms with van der Waals surface area (Å²) >= 11 is 0. The Kier molecular flexibility index (Phi) is 10.0. The number of carboxylic acids is 3. The van der Waals surface area contributed by atoms with Crippen molar-refractivity contribution < 1.29 is 39.9 Å². The molecule has 2 heterocycles. The maximum Gasteiger partial charge on any atom is 0.336 e. The van der Waals surface area contributed by atoms with Crippen molar-refractivity contribution in [3.63, 3.8) is 0 Å². The van der Waals surface area contributed by atoms with Gasteiger partial charge in [-0.1, -0.05) is 36.4 Å². The van der Waals surface area contributed by atoms with Crippen LogP contribution in [0.2, 0.25) is 0 Å². The highest BCUT2D eigenvalue weighted by molar-refractivity contribution is 5.88. The fourth-order valence-corrected chi connectivity index (χ4v) is 6.46. The second-order valence-electron chi connectivity index (χ2n) is 11.4. The summed E-state index contributed by atoms with van der Waals surface area (Å²) in [4.78, 5) is 45.9. The third-order valence-electron chi connectivity index (χ3n) is 8.67. The number of carboxylic acid groups (broad SMARTS) is 3. The number of piperidine rings is 1. The van der Waals surface area contributed by atoms with Crippen LogP contribution in [-0.4, -0.2) is 89.3 Å². The van der Waals surface area contributed by atoms with Gasteiger partial charge in [0, 0.05) is 6.54 Å². The smallest absolute Gasteiger partial charge is 0.336 e. The molecule has 0 radical (unpaired) electrons. The van der Waals surface area contributed by atoms with E-state index in [-0.39, 0.29) is 12.3 Å². The molecule has 3 aromatic rings. The molecule has 1 fully saturated rings. The van der Waals surface area contributed by atoms with Crippen LogP contribution in [0, 0.1) is 0 Å². The monoisotopic (exact) mass is 597 g/mol. The predicted molar refractivity (Wildman–Crippen MR) is 157 cm³/mol. The van der Waals surface area contributed by atoms with Crippen LogP contribution in [0.3, 0.4) is 0 Å². The number of likely N-dealkylation sites (tertiary alicyclic amines) is 1. The zero-order chi connectivity index (χ0) is 31.2. The van der Waals surface area contributed by atoms with Crippen LogP contribution in [0.25, 0.3) is 11.0 Å². The second kappa shape index (κ2) is 13.5. The molecule has 5 rings (SSSR count). The molecule has 0 saturated carbocycles. The Morgan fingerprint density at radius 3 is 1.91 bits per heavy atom. The number of hydrogen-bond donors (Lipinski definition) is 5. The molecule has 12 heteroatoms. The highest BCUT2D eigenvalue weighted by Crippen LogP contribution is 2.46. The third kappa shape index (κ3) is 7.15. The van der Waals surface area contributed by atoms with E-state index in [0.717, 1.165) is 43.6 Å². The van der Waals surface area contributed by atoms with Gasteiger partial charge in [-0.25, -0.2) is 9.59 Å². The Morgan fingerprint density at radius 1 is 0.791 bits per heavy atom. The van der Waals surface area contributed by atoms with Crippen LogP contribution < -0.4 is 5.69 Å². The normalized spacial score (nSPS) is 16.0. The van der Waals surface area contributed by atoms with Gasteiger partial charge in [-0.05, 0) is 80.4 Å².